The van der Waals surface area contributed by atoms with Crippen LogP contribution in [0.2, 0.25) is 0 Å². The first-order valence-corrected chi connectivity index (χ1v) is 8.90. The van der Waals surface area contributed by atoms with Crippen LogP contribution >= 0.6 is 0 Å². The highest BCUT2D eigenvalue weighted by Gasteiger charge is 2.27. The van der Waals surface area contributed by atoms with Gasteiger partial charge in [0, 0.05) is 0 Å². The van der Waals surface area contributed by atoms with Crippen LogP contribution in [0.1, 0.15) is 25.3 Å². The van der Waals surface area contributed by atoms with E-state index in [1.807, 2.05) is 13.8 Å². The van der Waals surface area contributed by atoms with Gasteiger partial charge in [-0.25, -0.2) is 4.79 Å². The molecule has 0 aromatic heterocycles. The van der Waals surface area contributed by atoms with E-state index in [0.29, 0.717) is 0 Å². The molecule has 124 valence electrons. The first kappa shape index (κ1) is 17.2. The van der Waals surface area contributed by atoms with E-state index in [1.165, 1.54) is 17.0 Å². The molecule has 2 rings (SSSR count). The van der Waals surface area contributed by atoms with Crippen molar-refractivity contribution in [3.8, 4) is 0 Å². The zero-order chi connectivity index (χ0) is 16.9. The Hall–Kier alpha value is -2.15. The van der Waals surface area contributed by atoms with E-state index in [2.05, 4.69) is 4.40 Å². The first-order chi connectivity index (χ1) is 10.9. The summed E-state index contributed by atoms with van der Waals surface area (Å²) in [6.45, 7) is 4.40. The van der Waals surface area contributed by atoms with E-state index in [0.717, 1.165) is 18.4 Å². The van der Waals surface area contributed by atoms with Gasteiger partial charge in [0.05, 0.1) is 11.4 Å². The predicted molar refractivity (Wildman–Crippen MR) is 87.9 cm³/mol. The SMILES string of the molecule is CCC/C=C/C(=N/S(=O)(=O)c1ccc(C)cc1)N1CCOC1=O. The number of nitrogens with zero attached hydrogens (tertiary/aromatic N) is 2. The van der Waals surface area contributed by atoms with Crippen molar-refractivity contribution in [2.24, 2.45) is 4.40 Å². The molecule has 0 N–H and O–H groups in total. The Morgan fingerprint density at radius 2 is 2.04 bits per heavy atom. The minimum atomic E-state index is -3.89. The van der Waals surface area contributed by atoms with Gasteiger partial charge in [-0.3, -0.25) is 4.90 Å². The van der Waals surface area contributed by atoms with Gasteiger partial charge in [0.1, 0.15) is 6.61 Å². The summed E-state index contributed by atoms with van der Waals surface area (Å²) in [5, 5.41) is 0. The number of carbonyl (C=O) groups is 1. The first-order valence-electron chi connectivity index (χ1n) is 7.46. The second-order valence-electron chi connectivity index (χ2n) is 5.19. The smallest absolute Gasteiger partial charge is 0.415 e. The van der Waals surface area contributed by atoms with Crippen LogP contribution in [0, 0.1) is 6.92 Å². The minimum absolute atomic E-state index is 0.0847. The molecule has 0 spiro atoms. The number of allylic oxidation sites excluding steroid dienone is 1. The van der Waals surface area contributed by atoms with Crippen molar-refractivity contribution in [2.75, 3.05) is 13.2 Å². The molecule has 1 aliphatic heterocycles. The van der Waals surface area contributed by atoms with Gasteiger partial charge < -0.3 is 4.74 Å². The zero-order valence-electron chi connectivity index (χ0n) is 13.2. The number of amidine groups is 1. The third kappa shape index (κ3) is 4.41. The quantitative estimate of drug-likeness (QED) is 0.612. The van der Waals surface area contributed by atoms with E-state index in [-0.39, 0.29) is 23.9 Å². The molecule has 0 aliphatic carbocycles. The normalized spacial score (nSPS) is 16.2. The Morgan fingerprint density at radius 3 is 2.61 bits per heavy atom. The number of carbonyl (C=O) groups excluding carboxylic acids is 1. The van der Waals surface area contributed by atoms with Crippen molar-refractivity contribution in [1.82, 2.24) is 4.90 Å². The van der Waals surface area contributed by atoms with Crippen molar-refractivity contribution in [3.63, 3.8) is 0 Å². The molecule has 0 saturated carbocycles. The number of amides is 1. The molecule has 1 amide bonds. The van der Waals surface area contributed by atoms with Gasteiger partial charge in [0.15, 0.2) is 5.84 Å². The highest BCUT2D eigenvalue weighted by Crippen LogP contribution is 2.16. The third-order valence-electron chi connectivity index (χ3n) is 3.29. The van der Waals surface area contributed by atoms with Crippen LogP contribution in [0.4, 0.5) is 4.79 Å². The largest absolute Gasteiger partial charge is 0.447 e. The molecule has 0 bridgehead atoms. The van der Waals surface area contributed by atoms with Crippen molar-refractivity contribution < 1.29 is 17.9 Å². The number of aryl methyl sites for hydroxylation is 1. The Balaban J connectivity index is 2.38. The van der Waals surface area contributed by atoms with Crippen molar-refractivity contribution in [2.45, 2.75) is 31.6 Å². The Morgan fingerprint density at radius 1 is 1.35 bits per heavy atom. The molecule has 6 nitrogen and oxygen atoms in total. The summed E-state index contributed by atoms with van der Waals surface area (Å²) in [6, 6.07) is 6.42. The minimum Gasteiger partial charge on any atom is -0.447 e. The van der Waals surface area contributed by atoms with Gasteiger partial charge in [0.2, 0.25) is 0 Å². The summed E-state index contributed by atoms with van der Waals surface area (Å²) < 4.78 is 33.6. The summed E-state index contributed by atoms with van der Waals surface area (Å²) in [5.74, 6) is 0.0847. The van der Waals surface area contributed by atoms with Crippen molar-refractivity contribution in [1.29, 1.82) is 0 Å². The maximum Gasteiger partial charge on any atom is 0.415 e. The third-order valence-corrected chi connectivity index (χ3v) is 4.59. The highest BCUT2D eigenvalue weighted by atomic mass is 32.2. The lowest BCUT2D eigenvalue weighted by Crippen LogP contribution is -2.31. The Kier molecular flexibility index (Phi) is 5.54. The maximum atomic E-state index is 12.4. The number of cyclic esters (lactones) is 1. The monoisotopic (exact) mass is 336 g/mol. The zero-order valence-corrected chi connectivity index (χ0v) is 14.0. The van der Waals surface area contributed by atoms with Gasteiger partial charge in [-0.1, -0.05) is 37.1 Å². The summed E-state index contributed by atoms with van der Waals surface area (Å²) in [5.41, 5.74) is 0.958. The molecule has 1 aromatic carbocycles. The molecule has 1 fully saturated rings. The van der Waals surface area contributed by atoms with Crippen molar-refractivity contribution in [3.05, 3.63) is 42.0 Å². The van der Waals surface area contributed by atoms with E-state index in [9.17, 15) is 13.2 Å². The number of hydrogen-bond donors (Lipinski definition) is 0. The number of ether oxygens (including phenoxy) is 1. The summed E-state index contributed by atoms with van der Waals surface area (Å²) in [7, 11) is -3.89. The summed E-state index contributed by atoms with van der Waals surface area (Å²) in [6.07, 6.45) is 4.46. The van der Waals surface area contributed by atoms with Crippen LogP contribution in [-0.2, 0) is 14.8 Å². The van der Waals surface area contributed by atoms with E-state index < -0.39 is 16.1 Å². The number of unbranched alkanes of at least 4 members (excludes halogenated alkanes) is 1. The second kappa shape index (κ2) is 7.41. The second-order valence-corrected chi connectivity index (χ2v) is 6.80. The standard InChI is InChI=1S/C16H20N2O4S/c1-3-4-5-6-15(18-11-12-22-16(18)19)17-23(20,21)14-9-7-13(2)8-10-14/h5-10H,3-4,11-12H2,1-2H3/b6-5+,17-15-. The van der Waals surface area contributed by atoms with Crippen LogP contribution in [-0.4, -0.2) is 38.4 Å². The van der Waals surface area contributed by atoms with Crippen LogP contribution in [0.3, 0.4) is 0 Å². The topological polar surface area (TPSA) is 76.0 Å². The molecule has 1 saturated heterocycles. The predicted octanol–water partition coefficient (Wildman–Crippen LogP) is 2.89. The average molecular weight is 336 g/mol. The highest BCUT2D eigenvalue weighted by molar-refractivity contribution is 7.90. The van der Waals surface area contributed by atoms with E-state index in [1.54, 1.807) is 24.3 Å². The van der Waals surface area contributed by atoms with Crippen molar-refractivity contribution >= 4 is 22.0 Å². The van der Waals surface area contributed by atoms with Crippen LogP contribution in [0.15, 0.2) is 45.7 Å². The molecule has 0 unspecified atom stereocenters. The molecule has 23 heavy (non-hydrogen) atoms. The van der Waals surface area contributed by atoms with E-state index >= 15 is 0 Å². The van der Waals surface area contributed by atoms with Gasteiger partial charge in [0.25, 0.3) is 10.0 Å². The number of sulfonamides is 1. The lowest BCUT2D eigenvalue weighted by Gasteiger charge is -2.12. The van der Waals surface area contributed by atoms with Crippen LogP contribution in [0.5, 0.6) is 0 Å². The lowest BCUT2D eigenvalue weighted by atomic mass is 10.2. The molecular formula is C16H20N2O4S. The molecule has 0 radical (unpaired) electrons. The maximum absolute atomic E-state index is 12.4. The van der Waals surface area contributed by atoms with Gasteiger partial charge in [-0.2, -0.15) is 8.42 Å². The van der Waals surface area contributed by atoms with Gasteiger partial charge in [-0.05, 0) is 31.6 Å². The van der Waals surface area contributed by atoms with Gasteiger partial charge >= 0.3 is 6.09 Å². The number of hydrogen-bond acceptors (Lipinski definition) is 4. The fourth-order valence-corrected chi connectivity index (χ4v) is 3.00. The fraction of sp³-hybridized carbons (Fsp3) is 0.375. The van der Waals surface area contributed by atoms with Gasteiger partial charge in [-0.15, -0.1) is 4.40 Å². The summed E-state index contributed by atoms with van der Waals surface area (Å²) in [4.78, 5) is 13.0. The fourth-order valence-electron chi connectivity index (χ4n) is 2.01. The lowest BCUT2D eigenvalue weighted by molar-refractivity contribution is 0.169. The molecular weight excluding hydrogens is 316 g/mol. The number of rotatable bonds is 5. The molecule has 7 heteroatoms. The van der Waals surface area contributed by atoms with Crippen LogP contribution in [0.25, 0.3) is 0 Å². The molecule has 1 heterocycles. The molecule has 1 aromatic rings. The molecule has 0 atom stereocenters. The Labute approximate surface area is 136 Å². The average Bonchev–Trinajstić information content (AvgIpc) is 2.93. The molecule has 1 aliphatic rings. The Bertz CT molecular complexity index is 721. The van der Waals surface area contributed by atoms with E-state index in [4.69, 9.17) is 4.74 Å². The summed E-state index contributed by atoms with van der Waals surface area (Å²) >= 11 is 0. The number of benzene rings is 1. The van der Waals surface area contributed by atoms with Crippen LogP contribution < -0.4 is 0 Å².